The molecule has 2 heterocycles. The summed E-state index contributed by atoms with van der Waals surface area (Å²) < 4.78 is 5.74. The molecule has 2 N–H and O–H groups in total. The SMILES string of the molecule is COc1ccc(C2=CC(C)(CNC(=O)c3ccc(Cl)s3)ON2)cc1. The van der Waals surface area contributed by atoms with Crippen LogP contribution in [0.2, 0.25) is 4.34 Å². The van der Waals surface area contributed by atoms with Crippen molar-refractivity contribution in [3.05, 3.63) is 57.3 Å². The standard InChI is InChI=1S/C17H17ClN2O3S/c1-17(10-19-16(21)14-7-8-15(18)24-14)9-13(20-23-17)11-3-5-12(22-2)6-4-11/h3-9,20H,10H2,1-2H3,(H,19,21). The number of amides is 1. The van der Waals surface area contributed by atoms with Crippen molar-refractivity contribution >= 4 is 34.5 Å². The van der Waals surface area contributed by atoms with Crippen LogP contribution in [0, 0.1) is 0 Å². The smallest absolute Gasteiger partial charge is 0.261 e. The Kier molecular flexibility index (Phi) is 4.80. The number of benzene rings is 1. The molecule has 126 valence electrons. The third-order valence-electron chi connectivity index (χ3n) is 3.64. The Hall–Kier alpha value is -2.02. The predicted octanol–water partition coefficient (Wildman–Crippen LogP) is 3.47. The number of hydroxylamine groups is 1. The zero-order valence-corrected chi connectivity index (χ0v) is 14.8. The Bertz CT molecular complexity index is 772. The number of ether oxygens (including phenoxy) is 1. The molecule has 1 aromatic heterocycles. The molecule has 0 saturated carbocycles. The molecular formula is C17H17ClN2O3S. The zero-order chi connectivity index (χ0) is 17.2. The van der Waals surface area contributed by atoms with Crippen molar-refractivity contribution < 1.29 is 14.4 Å². The van der Waals surface area contributed by atoms with Crippen LogP contribution in [0.15, 0.2) is 42.5 Å². The van der Waals surface area contributed by atoms with Gasteiger partial charge in [-0.15, -0.1) is 11.3 Å². The molecule has 1 amide bonds. The van der Waals surface area contributed by atoms with E-state index in [4.69, 9.17) is 21.2 Å². The summed E-state index contributed by atoms with van der Waals surface area (Å²) in [6.07, 6.45) is 1.95. The number of hydrogen-bond acceptors (Lipinski definition) is 5. The van der Waals surface area contributed by atoms with Crippen LogP contribution >= 0.6 is 22.9 Å². The van der Waals surface area contributed by atoms with E-state index >= 15 is 0 Å². The molecule has 1 aromatic carbocycles. The molecule has 0 aliphatic carbocycles. The number of carbonyl (C=O) groups excluding carboxylic acids is 1. The zero-order valence-electron chi connectivity index (χ0n) is 13.3. The summed E-state index contributed by atoms with van der Waals surface area (Å²) in [6, 6.07) is 11.1. The molecule has 7 heteroatoms. The first kappa shape index (κ1) is 16.8. The van der Waals surface area contributed by atoms with Crippen LogP contribution in [-0.2, 0) is 4.84 Å². The quantitative estimate of drug-likeness (QED) is 0.852. The van der Waals surface area contributed by atoms with Crippen LogP contribution in [0.4, 0.5) is 0 Å². The number of hydrogen-bond donors (Lipinski definition) is 2. The maximum atomic E-state index is 12.1. The Balaban J connectivity index is 1.65. The largest absolute Gasteiger partial charge is 0.497 e. The Morgan fingerprint density at radius 3 is 2.71 bits per heavy atom. The van der Waals surface area contributed by atoms with E-state index in [-0.39, 0.29) is 5.91 Å². The van der Waals surface area contributed by atoms with Gasteiger partial charge in [-0.25, -0.2) is 0 Å². The second-order valence-electron chi connectivity index (χ2n) is 5.59. The molecule has 1 atom stereocenters. The number of thiophene rings is 1. The van der Waals surface area contributed by atoms with Gasteiger partial charge < -0.3 is 10.1 Å². The third-order valence-corrected chi connectivity index (χ3v) is 4.87. The topological polar surface area (TPSA) is 59.6 Å². The van der Waals surface area contributed by atoms with Gasteiger partial charge in [0.05, 0.1) is 28.6 Å². The summed E-state index contributed by atoms with van der Waals surface area (Å²) >= 11 is 7.10. The minimum atomic E-state index is -0.633. The fourth-order valence-corrected chi connectivity index (χ4v) is 3.27. The minimum Gasteiger partial charge on any atom is -0.497 e. The van der Waals surface area contributed by atoms with E-state index in [0.717, 1.165) is 17.0 Å². The molecule has 5 nitrogen and oxygen atoms in total. The summed E-state index contributed by atoms with van der Waals surface area (Å²) in [7, 11) is 1.63. The third kappa shape index (κ3) is 3.72. The lowest BCUT2D eigenvalue weighted by atomic mass is 10.0. The lowest BCUT2D eigenvalue weighted by Gasteiger charge is -2.20. The fraction of sp³-hybridized carbons (Fsp3) is 0.235. The number of rotatable bonds is 5. The monoisotopic (exact) mass is 364 g/mol. The minimum absolute atomic E-state index is 0.164. The average molecular weight is 365 g/mol. The van der Waals surface area contributed by atoms with Crippen LogP contribution in [0.3, 0.4) is 0 Å². The van der Waals surface area contributed by atoms with Gasteiger partial charge in [0.2, 0.25) is 0 Å². The van der Waals surface area contributed by atoms with Crippen LogP contribution in [0.25, 0.3) is 5.70 Å². The molecule has 0 spiro atoms. The van der Waals surface area contributed by atoms with E-state index in [1.165, 1.54) is 11.3 Å². The van der Waals surface area contributed by atoms with Crippen LogP contribution in [0.1, 0.15) is 22.2 Å². The molecular weight excluding hydrogens is 348 g/mol. The van der Waals surface area contributed by atoms with E-state index in [1.54, 1.807) is 19.2 Å². The molecule has 0 saturated heterocycles. The molecule has 1 aliphatic rings. The Morgan fingerprint density at radius 1 is 1.33 bits per heavy atom. The van der Waals surface area contributed by atoms with Crippen molar-refractivity contribution in [3.8, 4) is 5.75 Å². The molecule has 0 radical (unpaired) electrons. The highest BCUT2D eigenvalue weighted by Crippen LogP contribution is 2.27. The lowest BCUT2D eigenvalue weighted by molar-refractivity contribution is -0.0194. The Labute approximate surface area is 149 Å². The first-order chi connectivity index (χ1) is 11.5. The maximum absolute atomic E-state index is 12.1. The summed E-state index contributed by atoms with van der Waals surface area (Å²) in [4.78, 5) is 18.3. The van der Waals surface area contributed by atoms with Crippen LogP contribution in [0.5, 0.6) is 5.75 Å². The Morgan fingerprint density at radius 2 is 2.08 bits per heavy atom. The summed E-state index contributed by atoms with van der Waals surface area (Å²) in [5.41, 5.74) is 4.12. The first-order valence-corrected chi connectivity index (χ1v) is 8.53. The first-order valence-electron chi connectivity index (χ1n) is 7.34. The number of halogens is 1. The number of nitrogens with one attached hydrogen (secondary N) is 2. The molecule has 0 bridgehead atoms. The van der Waals surface area contributed by atoms with Gasteiger partial charge in [-0.1, -0.05) is 11.6 Å². The van der Waals surface area contributed by atoms with Crippen molar-refractivity contribution in [1.29, 1.82) is 0 Å². The van der Waals surface area contributed by atoms with E-state index in [1.807, 2.05) is 37.3 Å². The van der Waals surface area contributed by atoms with Gasteiger partial charge in [-0.2, -0.15) is 0 Å². The number of carbonyl (C=O) groups is 1. The van der Waals surface area contributed by atoms with Gasteiger partial charge in [0.1, 0.15) is 11.4 Å². The van der Waals surface area contributed by atoms with Crippen LogP contribution < -0.4 is 15.5 Å². The summed E-state index contributed by atoms with van der Waals surface area (Å²) in [6.45, 7) is 2.24. The highest BCUT2D eigenvalue weighted by molar-refractivity contribution is 7.17. The van der Waals surface area contributed by atoms with E-state index in [9.17, 15) is 4.79 Å². The summed E-state index contributed by atoms with van der Waals surface area (Å²) in [5.74, 6) is 0.630. The number of methoxy groups -OCH3 is 1. The van der Waals surface area contributed by atoms with Gasteiger partial charge in [0.15, 0.2) is 0 Å². The van der Waals surface area contributed by atoms with Crippen molar-refractivity contribution in [3.63, 3.8) is 0 Å². The second kappa shape index (κ2) is 6.84. The molecule has 1 unspecified atom stereocenters. The van der Waals surface area contributed by atoms with E-state index in [0.29, 0.717) is 15.8 Å². The predicted molar refractivity (Wildman–Crippen MR) is 95.3 cm³/mol. The van der Waals surface area contributed by atoms with Crippen molar-refractivity contribution in [2.45, 2.75) is 12.5 Å². The summed E-state index contributed by atoms with van der Waals surface area (Å²) in [5, 5.41) is 2.87. The van der Waals surface area contributed by atoms with Gasteiger partial charge in [0.25, 0.3) is 5.91 Å². The highest BCUT2D eigenvalue weighted by atomic mass is 35.5. The fourth-order valence-electron chi connectivity index (χ4n) is 2.31. The molecule has 2 aromatic rings. The van der Waals surface area contributed by atoms with Gasteiger partial charge in [0, 0.05) is 0 Å². The van der Waals surface area contributed by atoms with Crippen LogP contribution in [-0.4, -0.2) is 25.2 Å². The van der Waals surface area contributed by atoms with Gasteiger partial charge in [-0.05, 0) is 55.0 Å². The van der Waals surface area contributed by atoms with Gasteiger partial charge >= 0.3 is 0 Å². The van der Waals surface area contributed by atoms with Crippen molar-refractivity contribution in [1.82, 2.24) is 10.8 Å². The average Bonchev–Trinajstić information content (AvgIpc) is 3.20. The molecule has 1 aliphatic heterocycles. The van der Waals surface area contributed by atoms with E-state index < -0.39 is 5.60 Å². The van der Waals surface area contributed by atoms with Crippen molar-refractivity contribution in [2.24, 2.45) is 0 Å². The highest BCUT2D eigenvalue weighted by Gasteiger charge is 2.31. The normalized spacial score (nSPS) is 19.5. The maximum Gasteiger partial charge on any atom is 0.261 e. The van der Waals surface area contributed by atoms with E-state index in [2.05, 4.69) is 10.8 Å². The van der Waals surface area contributed by atoms with Crippen molar-refractivity contribution in [2.75, 3.05) is 13.7 Å². The molecule has 0 fully saturated rings. The second-order valence-corrected chi connectivity index (χ2v) is 7.30. The molecule has 24 heavy (non-hydrogen) atoms. The lowest BCUT2D eigenvalue weighted by Crippen LogP contribution is -2.40. The van der Waals surface area contributed by atoms with Gasteiger partial charge in [-0.3, -0.25) is 15.1 Å². The molecule has 3 rings (SSSR count).